The number of nitrogens with one attached hydrogen (secondary N) is 1. The SMILES string of the molecule is N#Cc1ccccc1OCC(=O)N/N=C\c1cc(Cl)c2c(c1)OCCO2. The lowest BCUT2D eigenvalue weighted by molar-refractivity contribution is -0.123. The number of amides is 1. The maximum absolute atomic E-state index is 11.8. The third-order valence-electron chi connectivity index (χ3n) is 3.39. The van der Waals surface area contributed by atoms with E-state index in [9.17, 15) is 4.79 Å². The number of para-hydroxylation sites is 1. The topological polar surface area (TPSA) is 92.9 Å². The zero-order valence-corrected chi connectivity index (χ0v) is 14.3. The number of fused-ring (bicyclic) bond motifs is 1. The molecule has 1 N–H and O–H groups in total. The minimum atomic E-state index is -0.461. The number of rotatable bonds is 5. The van der Waals surface area contributed by atoms with Gasteiger partial charge in [-0.3, -0.25) is 4.79 Å². The molecule has 0 spiro atoms. The molecule has 0 bridgehead atoms. The molecule has 7 nitrogen and oxygen atoms in total. The van der Waals surface area contributed by atoms with Gasteiger partial charge in [-0.15, -0.1) is 0 Å². The van der Waals surface area contributed by atoms with E-state index in [-0.39, 0.29) is 6.61 Å². The Morgan fingerprint density at radius 2 is 2.15 bits per heavy atom. The Morgan fingerprint density at radius 1 is 1.35 bits per heavy atom. The highest BCUT2D eigenvalue weighted by Gasteiger charge is 2.16. The lowest BCUT2D eigenvalue weighted by atomic mass is 10.2. The monoisotopic (exact) mass is 371 g/mol. The van der Waals surface area contributed by atoms with E-state index in [1.54, 1.807) is 36.4 Å². The first-order chi connectivity index (χ1) is 12.7. The molecule has 1 heterocycles. The van der Waals surface area contributed by atoms with Crippen molar-refractivity contribution in [3.63, 3.8) is 0 Å². The third kappa shape index (κ3) is 4.23. The number of hydrogen-bond donors (Lipinski definition) is 1. The van der Waals surface area contributed by atoms with Gasteiger partial charge in [0.15, 0.2) is 18.1 Å². The predicted octanol–water partition coefficient (Wildman–Crippen LogP) is 2.51. The Labute approximate surface area is 154 Å². The summed E-state index contributed by atoms with van der Waals surface area (Å²) in [6.45, 7) is 0.630. The first-order valence-electron chi connectivity index (χ1n) is 7.70. The quantitative estimate of drug-likeness (QED) is 0.644. The Hall–Kier alpha value is -3.24. The summed E-state index contributed by atoms with van der Waals surface area (Å²) in [6.07, 6.45) is 1.44. The number of halogens is 1. The van der Waals surface area contributed by atoms with Gasteiger partial charge in [-0.1, -0.05) is 23.7 Å². The fourth-order valence-corrected chi connectivity index (χ4v) is 2.52. The summed E-state index contributed by atoms with van der Waals surface area (Å²) in [5.41, 5.74) is 3.35. The van der Waals surface area contributed by atoms with E-state index in [0.717, 1.165) is 0 Å². The van der Waals surface area contributed by atoms with Crippen LogP contribution in [0.3, 0.4) is 0 Å². The second-order valence-electron chi connectivity index (χ2n) is 5.22. The van der Waals surface area contributed by atoms with Crippen LogP contribution in [0.5, 0.6) is 17.2 Å². The van der Waals surface area contributed by atoms with Crippen molar-refractivity contribution in [1.29, 1.82) is 5.26 Å². The molecular weight excluding hydrogens is 358 g/mol. The van der Waals surface area contributed by atoms with Crippen molar-refractivity contribution in [2.45, 2.75) is 0 Å². The first-order valence-corrected chi connectivity index (χ1v) is 8.08. The van der Waals surface area contributed by atoms with E-state index in [4.69, 9.17) is 31.1 Å². The summed E-state index contributed by atoms with van der Waals surface area (Å²) in [5.74, 6) is 0.919. The fourth-order valence-electron chi connectivity index (χ4n) is 2.24. The van der Waals surface area contributed by atoms with E-state index in [1.165, 1.54) is 6.21 Å². The minimum absolute atomic E-state index is 0.266. The van der Waals surface area contributed by atoms with Gasteiger partial charge in [0, 0.05) is 0 Å². The average Bonchev–Trinajstić information content (AvgIpc) is 2.66. The molecule has 0 aliphatic carbocycles. The van der Waals surface area contributed by atoms with Gasteiger partial charge in [-0.2, -0.15) is 10.4 Å². The van der Waals surface area contributed by atoms with Crippen molar-refractivity contribution in [3.8, 4) is 23.3 Å². The lowest BCUT2D eigenvalue weighted by Crippen LogP contribution is -2.24. The molecule has 1 amide bonds. The summed E-state index contributed by atoms with van der Waals surface area (Å²) in [4.78, 5) is 11.8. The molecule has 132 valence electrons. The van der Waals surface area contributed by atoms with Crippen LogP contribution in [0.4, 0.5) is 0 Å². The fraction of sp³-hybridized carbons (Fsp3) is 0.167. The Kier molecular flexibility index (Phi) is 5.56. The number of ether oxygens (including phenoxy) is 3. The maximum atomic E-state index is 11.8. The van der Waals surface area contributed by atoms with Gasteiger partial charge in [0.25, 0.3) is 5.91 Å². The van der Waals surface area contributed by atoms with Crippen molar-refractivity contribution in [2.24, 2.45) is 5.10 Å². The molecule has 0 atom stereocenters. The molecule has 2 aromatic carbocycles. The summed E-state index contributed by atoms with van der Waals surface area (Å²) in [5, 5.41) is 13.2. The average molecular weight is 372 g/mol. The number of nitrogens with zero attached hydrogens (tertiary/aromatic N) is 2. The normalized spacial score (nSPS) is 12.5. The largest absolute Gasteiger partial charge is 0.486 e. The smallest absolute Gasteiger partial charge is 0.277 e. The highest BCUT2D eigenvalue weighted by molar-refractivity contribution is 6.32. The molecule has 0 fully saturated rings. The van der Waals surface area contributed by atoms with Crippen LogP contribution in [-0.2, 0) is 4.79 Å². The molecular formula is C18H14ClN3O4. The van der Waals surface area contributed by atoms with Crippen LogP contribution >= 0.6 is 11.6 Å². The van der Waals surface area contributed by atoms with Crippen molar-refractivity contribution >= 4 is 23.7 Å². The maximum Gasteiger partial charge on any atom is 0.277 e. The number of hydrazone groups is 1. The van der Waals surface area contributed by atoms with Crippen LogP contribution in [0, 0.1) is 11.3 Å². The molecule has 1 aliphatic heterocycles. The van der Waals surface area contributed by atoms with E-state index < -0.39 is 5.91 Å². The van der Waals surface area contributed by atoms with E-state index in [0.29, 0.717) is 46.6 Å². The first kappa shape index (κ1) is 17.6. The van der Waals surface area contributed by atoms with Crippen LogP contribution in [0.2, 0.25) is 5.02 Å². The number of carbonyl (C=O) groups is 1. The zero-order chi connectivity index (χ0) is 18.4. The minimum Gasteiger partial charge on any atom is -0.486 e. The molecule has 26 heavy (non-hydrogen) atoms. The third-order valence-corrected chi connectivity index (χ3v) is 3.67. The van der Waals surface area contributed by atoms with Crippen LogP contribution in [0.15, 0.2) is 41.5 Å². The number of carbonyl (C=O) groups excluding carboxylic acids is 1. The standard InChI is InChI=1S/C18H14ClN3O4/c19-14-7-12(8-16-18(14)25-6-5-24-16)10-21-22-17(23)11-26-15-4-2-1-3-13(15)9-20/h1-4,7-8,10H,5-6,11H2,(H,22,23)/b21-10-. The summed E-state index contributed by atoms with van der Waals surface area (Å²) < 4.78 is 16.2. The van der Waals surface area contributed by atoms with Crippen molar-refractivity contribution < 1.29 is 19.0 Å². The molecule has 0 radical (unpaired) electrons. The molecule has 0 aromatic heterocycles. The zero-order valence-electron chi connectivity index (χ0n) is 13.6. The summed E-state index contributed by atoms with van der Waals surface area (Å²) in [6, 6.07) is 12.0. The van der Waals surface area contributed by atoms with E-state index in [1.807, 2.05) is 6.07 Å². The van der Waals surface area contributed by atoms with Gasteiger partial charge < -0.3 is 14.2 Å². The molecule has 0 saturated heterocycles. The van der Waals surface area contributed by atoms with Crippen molar-refractivity contribution in [1.82, 2.24) is 5.43 Å². The van der Waals surface area contributed by atoms with Gasteiger partial charge >= 0.3 is 0 Å². The molecule has 3 rings (SSSR count). The van der Waals surface area contributed by atoms with Crippen LogP contribution in [0.25, 0.3) is 0 Å². The van der Waals surface area contributed by atoms with Crippen LogP contribution < -0.4 is 19.6 Å². The van der Waals surface area contributed by atoms with Gasteiger partial charge in [-0.25, -0.2) is 5.43 Å². The van der Waals surface area contributed by atoms with Gasteiger partial charge in [0.2, 0.25) is 0 Å². The number of nitriles is 1. The Morgan fingerprint density at radius 3 is 3.00 bits per heavy atom. The van der Waals surface area contributed by atoms with Gasteiger partial charge in [0.1, 0.15) is 25.0 Å². The lowest BCUT2D eigenvalue weighted by Gasteiger charge is -2.19. The van der Waals surface area contributed by atoms with Gasteiger partial charge in [-0.05, 0) is 29.8 Å². The second kappa shape index (κ2) is 8.23. The molecule has 2 aromatic rings. The van der Waals surface area contributed by atoms with E-state index in [2.05, 4.69) is 10.5 Å². The number of benzene rings is 2. The van der Waals surface area contributed by atoms with Gasteiger partial charge in [0.05, 0.1) is 16.8 Å². The van der Waals surface area contributed by atoms with Crippen molar-refractivity contribution in [3.05, 3.63) is 52.5 Å². The highest BCUT2D eigenvalue weighted by atomic mass is 35.5. The molecule has 8 heteroatoms. The highest BCUT2D eigenvalue weighted by Crippen LogP contribution is 2.37. The molecule has 1 aliphatic rings. The summed E-state index contributed by atoms with van der Waals surface area (Å²) >= 11 is 6.13. The molecule has 0 unspecified atom stereocenters. The van der Waals surface area contributed by atoms with E-state index >= 15 is 0 Å². The van der Waals surface area contributed by atoms with Crippen LogP contribution in [-0.4, -0.2) is 31.9 Å². The predicted molar refractivity (Wildman–Crippen MR) is 94.8 cm³/mol. The van der Waals surface area contributed by atoms with Crippen molar-refractivity contribution in [2.75, 3.05) is 19.8 Å². The summed E-state index contributed by atoms with van der Waals surface area (Å²) in [7, 11) is 0. The number of hydrogen-bond acceptors (Lipinski definition) is 6. The molecule has 0 saturated carbocycles. The van der Waals surface area contributed by atoms with Crippen LogP contribution in [0.1, 0.15) is 11.1 Å². The Balaban J connectivity index is 1.56. The second-order valence-corrected chi connectivity index (χ2v) is 5.62. The Bertz CT molecular complexity index is 892.